The van der Waals surface area contributed by atoms with Crippen LogP contribution >= 0.6 is 15.9 Å². The van der Waals surface area contributed by atoms with Gasteiger partial charge in [0.2, 0.25) is 0 Å². The van der Waals surface area contributed by atoms with Crippen molar-refractivity contribution in [3.63, 3.8) is 0 Å². The van der Waals surface area contributed by atoms with Crippen molar-refractivity contribution in [1.82, 2.24) is 0 Å². The lowest BCUT2D eigenvalue weighted by atomic mass is 10.1. The lowest BCUT2D eigenvalue weighted by Crippen LogP contribution is -2.20. The maximum absolute atomic E-state index is 5.80. The summed E-state index contributed by atoms with van der Waals surface area (Å²) in [6, 6.07) is 7.54. The second-order valence-electron chi connectivity index (χ2n) is 4.81. The van der Waals surface area contributed by atoms with Gasteiger partial charge in [-0.05, 0) is 59.8 Å². The molecule has 0 radical (unpaired) electrons. The normalized spacial score (nSPS) is 17.2. The van der Waals surface area contributed by atoms with Gasteiger partial charge in [0, 0.05) is 23.6 Å². The topological polar surface area (TPSA) is 29.3 Å². The van der Waals surface area contributed by atoms with Gasteiger partial charge in [0.25, 0.3) is 0 Å². The quantitative estimate of drug-likeness (QED) is 0.920. The van der Waals surface area contributed by atoms with E-state index in [9.17, 15) is 0 Å². The van der Waals surface area contributed by atoms with Gasteiger partial charge in [0.15, 0.2) is 0 Å². The highest BCUT2D eigenvalue weighted by atomic mass is 79.9. The van der Waals surface area contributed by atoms with E-state index in [0.29, 0.717) is 0 Å². The third-order valence-corrected chi connectivity index (χ3v) is 3.68. The van der Waals surface area contributed by atoms with Crippen LogP contribution in [-0.4, -0.2) is 19.1 Å². The third kappa shape index (κ3) is 2.77. The van der Waals surface area contributed by atoms with Crippen LogP contribution in [0.4, 0.5) is 5.69 Å². The summed E-state index contributed by atoms with van der Waals surface area (Å²) < 4.78 is 1.18. The molecule has 16 heavy (non-hydrogen) atoms. The Hall–Kier alpha value is -0.540. The Morgan fingerprint density at radius 3 is 2.69 bits per heavy atom. The van der Waals surface area contributed by atoms with Crippen molar-refractivity contribution in [1.29, 1.82) is 0 Å². The molecule has 2 N–H and O–H groups in total. The van der Waals surface area contributed by atoms with Gasteiger partial charge in [-0.2, -0.15) is 0 Å². The first-order chi connectivity index (χ1) is 7.58. The molecule has 2 rings (SSSR count). The molecule has 1 aliphatic carbocycles. The second-order valence-corrected chi connectivity index (χ2v) is 5.66. The lowest BCUT2D eigenvalue weighted by molar-refractivity contribution is 0.737. The number of hydrogen-bond acceptors (Lipinski definition) is 2. The van der Waals surface area contributed by atoms with Crippen LogP contribution in [0.25, 0.3) is 0 Å². The Morgan fingerprint density at radius 2 is 2.19 bits per heavy atom. The molecule has 1 aromatic carbocycles. The summed E-state index contributed by atoms with van der Waals surface area (Å²) in [5.74, 6) is 0. The van der Waals surface area contributed by atoms with E-state index < -0.39 is 0 Å². The molecular weight excluding hydrogens is 264 g/mol. The fourth-order valence-corrected chi connectivity index (χ4v) is 2.70. The minimum absolute atomic E-state index is 0.221. The lowest BCUT2D eigenvalue weighted by Gasteiger charge is -2.21. The van der Waals surface area contributed by atoms with E-state index in [2.05, 4.69) is 46.1 Å². The van der Waals surface area contributed by atoms with Crippen LogP contribution in [0.15, 0.2) is 22.7 Å². The molecule has 0 spiro atoms. The molecule has 1 atom stereocenters. The highest BCUT2D eigenvalue weighted by Gasteiger charge is 2.27. The molecule has 0 bridgehead atoms. The van der Waals surface area contributed by atoms with Gasteiger partial charge in [-0.15, -0.1) is 0 Å². The van der Waals surface area contributed by atoms with E-state index in [4.69, 9.17) is 5.73 Å². The Kier molecular flexibility index (Phi) is 3.55. The Labute approximate surface area is 106 Å². The van der Waals surface area contributed by atoms with Crippen LogP contribution in [0.5, 0.6) is 0 Å². The Balaban J connectivity index is 2.15. The van der Waals surface area contributed by atoms with Crippen molar-refractivity contribution in [3.05, 3.63) is 28.2 Å². The Morgan fingerprint density at radius 1 is 1.50 bits per heavy atom. The minimum Gasteiger partial charge on any atom is -0.371 e. The van der Waals surface area contributed by atoms with Crippen LogP contribution in [0.1, 0.15) is 25.3 Å². The van der Waals surface area contributed by atoms with E-state index in [0.717, 1.165) is 12.5 Å². The number of anilines is 1. The number of nitrogens with two attached hydrogens (primary N) is 1. The first kappa shape index (κ1) is 11.9. The zero-order chi connectivity index (χ0) is 11.7. The molecule has 0 aromatic heterocycles. The van der Waals surface area contributed by atoms with E-state index in [1.807, 2.05) is 6.92 Å². The van der Waals surface area contributed by atoms with Gasteiger partial charge in [-0.25, -0.2) is 0 Å². The highest BCUT2D eigenvalue weighted by molar-refractivity contribution is 9.10. The summed E-state index contributed by atoms with van der Waals surface area (Å²) >= 11 is 3.65. The first-order valence-electron chi connectivity index (χ1n) is 5.85. The summed E-state index contributed by atoms with van der Waals surface area (Å²) in [6.45, 7) is 2.04. The fraction of sp³-hybridized carbons (Fsp3) is 0.538. The smallest absolute Gasteiger partial charge is 0.0510 e. The van der Waals surface area contributed by atoms with Crippen molar-refractivity contribution < 1.29 is 0 Å². The molecule has 3 heteroatoms. The van der Waals surface area contributed by atoms with E-state index in [1.165, 1.54) is 28.6 Å². The molecule has 0 saturated heterocycles. The van der Waals surface area contributed by atoms with Crippen LogP contribution in [-0.2, 0) is 6.42 Å². The van der Waals surface area contributed by atoms with Crippen molar-refractivity contribution >= 4 is 21.6 Å². The standard InChI is InChI=1S/C13H19BrN2/c1-9(15)7-10-3-6-13(12(14)8-10)16(2)11-4-5-11/h3,6,8-9,11H,4-5,7,15H2,1-2H3. The largest absolute Gasteiger partial charge is 0.371 e. The second kappa shape index (κ2) is 4.76. The molecule has 0 amide bonds. The maximum atomic E-state index is 5.80. The number of hydrogen-bond donors (Lipinski definition) is 1. The molecule has 1 saturated carbocycles. The predicted octanol–water partition coefficient (Wildman–Crippen LogP) is 2.94. The zero-order valence-electron chi connectivity index (χ0n) is 9.91. The van der Waals surface area contributed by atoms with Gasteiger partial charge >= 0.3 is 0 Å². The molecule has 0 aliphatic heterocycles. The van der Waals surface area contributed by atoms with Gasteiger partial charge in [-0.3, -0.25) is 0 Å². The highest BCUT2D eigenvalue weighted by Crippen LogP contribution is 2.34. The van der Waals surface area contributed by atoms with Crippen molar-refractivity contribution in [2.75, 3.05) is 11.9 Å². The zero-order valence-corrected chi connectivity index (χ0v) is 11.5. The summed E-state index contributed by atoms with van der Waals surface area (Å²) in [4.78, 5) is 2.36. The van der Waals surface area contributed by atoms with Crippen LogP contribution in [0.3, 0.4) is 0 Å². The molecule has 1 aromatic rings. The average molecular weight is 283 g/mol. The summed E-state index contributed by atoms with van der Waals surface area (Å²) in [5, 5.41) is 0. The maximum Gasteiger partial charge on any atom is 0.0510 e. The predicted molar refractivity (Wildman–Crippen MR) is 72.9 cm³/mol. The average Bonchev–Trinajstić information content (AvgIpc) is 2.99. The van der Waals surface area contributed by atoms with Crippen LogP contribution in [0.2, 0.25) is 0 Å². The molecule has 1 aliphatic rings. The number of halogens is 1. The monoisotopic (exact) mass is 282 g/mol. The third-order valence-electron chi connectivity index (χ3n) is 3.04. The number of rotatable bonds is 4. The molecule has 1 unspecified atom stereocenters. The van der Waals surface area contributed by atoms with E-state index >= 15 is 0 Å². The molecule has 1 fully saturated rings. The van der Waals surface area contributed by atoms with Gasteiger partial charge in [-0.1, -0.05) is 6.07 Å². The van der Waals surface area contributed by atoms with Crippen molar-refractivity contribution in [3.8, 4) is 0 Å². The number of nitrogens with zero attached hydrogens (tertiary/aromatic N) is 1. The molecule has 0 heterocycles. The van der Waals surface area contributed by atoms with Crippen molar-refractivity contribution in [2.45, 2.75) is 38.3 Å². The summed E-state index contributed by atoms with van der Waals surface area (Å²) in [5.41, 5.74) is 8.39. The van der Waals surface area contributed by atoms with Crippen molar-refractivity contribution in [2.24, 2.45) is 5.73 Å². The Bertz CT molecular complexity index is 372. The summed E-state index contributed by atoms with van der Waals surface area (Å²) in [7, 11) is 2.17. The number of benzene rings is 1. The fourth-order valence-electron chi connectivity index (χ4n) is 1.99. The minimum atomic E-state index is 0.221. The molecular formula is C13H19BrN2. The SMILES string of the molecule is CC(N)Cc1ccc(N(C)C2CC2)c(Br)c1. The van der Waals surface area contributed by atoms with E-state index in [1.54, 1.807) is 0 Å². The van der Waals surface area contributed by atoms with Gasteiger partial charge < -0.3 is 10.6 Å². The first-order valence-corrected chi connectivity index (χ1v) is 6.64. The van der Waals surface area contributed by atoms with Crippen LogP contribution in [0, 0.1) is 0 Å². The van der Waals surface area contributed by atoms with E-state index in [-0.39, 0.29) is 6.04 Å². The molecule has 2 nitrogen and oxygen atoms in total. The van der Waals surface area contributed by atoms with Gasteiger partial charge in [0.05, 0.1) is 5.69 Å². The molecule has 88 valence electrons. The summed E-state index contributed by atoms with van der Waals surface area (Å²) in [6.07, 6.45) is 3.58. The van der Waals surface area contributed by atoms with Gasteiger partial charge in [0.1, 0.15) is 0 Å². The van der Waals surface area contributed by atoms with Crippen LogP contribution < -0.4 is 10.6 Å².